The summed E-state index contributed by atoms with van der Waals surface area (Å²) < 4.78 is 4.98. The van der Waals surface area contributed by atoms with Crippen LogP contribution in [-0.4, -0.2) is 17.0 Å². The fraction of sp³-hybridized carbons (Fsp3) is 0.583. The second-order valence-electron chi connectivity index (χ2n) is 4.22. The van der Waals surface area contributed by atoms with E-state index >= 15 is 0 Å². The number of hydrogen-bond donors (Lipinski definition) is 0. The van der Waals surface area contributed by atoms with E-state index in [9.17, 15) is 10.1 Å². The van der Waals surface area contributed by atoms with Crippen LogP contribution < -0.4 is 4.74 Å². The second kappa shape index (κ2) is 5.61. The van der Waals surface area contributed by atoms with Gasteiger partial charge in [0.05, 0.1) is 17.7 Å². The molecule has 5 nitrogen and oxygen atoms in total. The van der Waals surface area contributed by atoms with Crippen LogP contribution in [0.4, 0.5) is 5.69 Å². The molecule has 17 heavy (non-hydrogen) atoms. The van der Waals surface area contributed by atoms with Gasteiger partial charge in [0.1, 0.15) is 0 Å². The Morgan fingerprint density at radius 1 is 1.53 bits per heavy atom. The van der Waals surface area contributed by atoms with Gasteiger partial charge >= 0.3 is 5.69 Å². The molecule has 1 aromatic rings. The summed E-state index contributed by atoms with van der Waals surface area (Å²) in [5, 5.41) is 10.9. The molecule has 0 amide bonds. The van der Waals surface area contributed by atoms with Crippen molar-refractivity contribution in [2.75, 3.05) is 7.11 Å². The maximum Gasteiger partial charge on any atom is 0.331 e. The summed E-state index contributed by atoms with van der Waals surface area (Å²) >= 11 is 0. The maximum absolute atomic E-state index is 10.9. The van der Waals surface area contributed by atoms with E-state index in [1.807, 2.05) is 20.8 Å². The molecule has 0 N–H and O–H groups in total. The van der Waals surface area contributed by atoms with Crippen LogP contribution in [0, 0.1) is 10.1 Å². The van der Waals surface area contributed by atoms with Crippen molar-refractivity contribution in [1.82, 2.24) is 4.98 Å². The van der Waals surface area contributed by atoms with Crippen LogP contribution in [-0.2, 0) is 6.42 Å². The van der Waals surface area contributed by atoms with Crippen molar-refractivity contribution in [3.8, 4) is 5.88 Å². The van der Waals surface area contributed by atoms with Crippen LogP contribution in [0.1, 0.15) is 44.4 Å². The van der Waals surface area contributed by atoms with Gasteiger partial charge < -0.3 is 4.74 Å². The zero-order valence-electron chi connectivity index (χ0n) is 10.7. The van der Waals surface area contributed by atoms with Crippen molar-refractivity contribution in [3.05, 3.63) is 27.4 Å². The Morgan fingerprint density at radius 2 is 2.18 bits per heavy atom. The lowest BCUT2D eigenvalue weighted by Gasteiger charge is -2.12. The predicted octanol–water partition coefficient (Wildman–Crippen LogP) is 3.07. The zero-order chi connectivity index (χ0) is 13.0. The van der Waals surface area contributed by atoms with Crippen molar-refractivity contribution in [3.63, 3.8) is 0 Å². The number of aryl methyl sites for hydroxylation is 1. The second-order valence-corrected chi connectivity index (χ2v) is 4.22. The summed E-state index contributed by atoms with van der Waals surface area (Å²) in [6.07, 6.45) is 1.73. The minimum absolute atomic E-state index is 0.0552. The molecule has 0 radical (unpaired) electrons. The van der Waals surface area contributed by atoms with Gasteiger partial charge in [-0.05, 0) is 17.9 Å². The first-order chi connectivity index (χ1) is 8.01. The standard InChI is InChI=1S/C12H18N2O3/c1-5-6-9-7-10(14(15)16)12(17-4)13-11(9)8(2)3/h7-8H,5-6H2,1-4H3. The van der Waals surface area contributed by atoms with Gasteiger partial charge in [-0.3, -0.25) is 10.1 Å². The molecular weight excluding hydrogens is 220 g/mol. The van der Waals surface area contributed by atoms with E-state index in [2.05, 4.69) is 4.98 Å². The Morgan fingerprint density at radius 3 is 2.59 bits per heavy atom. The third-order valence-corrected chi connectivity index (χ3v) is 2.54. The van der Waals surface area contributed by atoms with Crippen molar-refractivity contribution in [2.45, 2.75) is 39.5 Å². The summed E-state index contributed by atoms with van der Waals surface area (Å²) in [7, 11) is 1.40. The van der Waals surface area contributed by atoms with E-state index in [-0.39, 0.29) is 17.5 Å². The fourth-order valence-corrected chi connectivity index (χ4v) is 1.79. The lowest BCUT2D eigenvalue weighted by molar-refractivity contribution is -0.386. The number of aromatic nitrogens is 1. The van der Waals surface area contributed by atoms with Crippen LogP contribution in [0.2, 0.25) is 0 Å². The lowest BCUT2D eigenvalue weighted by Crippen LogP contribution is -2.05. The first kappa shape index (κ1) is 13.4. The highest BCUT2D eigenvalue weighted by Gasteiger charge is 2.21. The normalized spacial score (nSPS) is 10.6. The topological polar surface area (TPSA) is 65.3 Å². The molecule has 94 valence electrons. The molecule has 0 aliphatic rings. The zero-order valence-corrected chi connectivity index (χ0v) is 10.7. The molecular formula is C12H18N2O3. The van der Waals surface area contributed by atoms with Crippen molar-refractivity contribution < 1.29 is 9.66 Å². The van der Waals surface area contributed by atoms with Crippen molar-refractivity contribution in [1.29, 1.82) is 0 Å². The number of methoxy groups -OCH3 is 1. The highest BCUT2D eigenvalue weighted by atomic mass is 16.6. The Hall–Kier alpha value is -1.65. The SMILES string of the molecule is CCCc1cc([N+](=O)[O-])c(OC)nc1C(C)C. The summed E-state index contributed by atoms with van der Waals surface area (Å²) in [6, 6.07) is 1.59. The smallest absolute Gasteiger partial charge is 0.331 e. The Bertz CT molecular complexity index is 416. The van der Waals surface area contributed by atoms with Gasteiger partial charge in [0, 0.05) is 6.07 Å². The van der Waals surface area contributed by atoms with Crippen LogP contribution in [0.15, 0.2) is 6.07 Å². The molecule has 1 heterocycles. The average Bonchev–Trinajstić information content (AvgIpc) is 2.28. The van der Waals surface area contributed by atoms with Gasteiger partial charge in [-0.1, -0.05) is 27.2 Å². The number of nitro groups is 1. The van der Waals surface area contributed by atoms with E-state index in [0.717, 1.165) is 24.1 Å². The van der Waals surface area contributed by atoms with Crippen LogP contribution in [0.3, 0.4) is 0 Å². The van der Waals surface area contributed by atoms with E-state index in [1.54, 1.807) is 6.07 Å². The molecule has 0 atom stereocenters. The third kappa shape index (κ3) is 2.93. The first-order valence-corrected chi connectivity index (χ1v) is 5.73. The number of hydrogen-bond acceptors (Lipinski definition) is 4. The van der Waals surface area contributed by atoms with E-state index < -0.39 is 4.92 Å². The summed E-state index contributed by atoms with van der Waals surface area (Å²) in [4.78, 5) is 14.7. The number of ether oxygens (including phenoxy) is 1. The van der Waals surface area contributed by atoms with E-state index in [1.165, 1.54) is 7.11 Å². The summed E-state index contributed by atoms with van der Waals surface area (Å²) in [6.45, 7) is 6.08. The highest BCUT2D eigenvalue weighted by molar-refractivity contribution is 5.46. The van der Waals surface area contributed by atoms with Gasteiger partial charge in [0.2, 0.25) is 0 Å². The third-order valence-electron chi connectivity index (χ3n) is 2.54. The molecule has 0 aliphatic heterocycles. The highest BCUT2D eigenvalue weighted by Crippen LogP contribution is 2.30. The first-order valence-electron chi connectivity index (χ1n) is 5.73. The average molecular weight is 238 g/mol. The van der Waals surface area contributed by atoms with Gasteiger partial charge in [-0.15, -0.1) is 0 Å². The van der Waals surface area contributed by atoms with Crippen molar-refractivity contribution in [2.24, 2.45) is 0 Å². The molecule has 0 saturated heterocycles. The molecule has 0 spiro atoms. The molecule has 5 heteroatoms. The van der Waals surface area contributed by atoms with Crippen LogP contribution in [0.5, 0.6) is 5.88 Å². The van der Waals surface area contributed by atoms with E-state index in [4.69, 9.17) is 4.74 Å². The molecule has 0 bridgehead atoms. The van der Waals surface area contributed by atoms with Gasteiger partial charge in [0.25, 0.3) is 5.88 Å². The molecule has 1 rings (SSSR count). The van der Waals surface area contributed by atoms with Crippen LogP contribution >= 0.6 is 0 Å². The molecule has 0 unspecified atom stereocenters. The minimum atomic E-state index is -0.449. The lowest BCUT2D eigenvalue weighted by atomic mass is 10.00. The largest absolute Gasteiger partial charge is 0.476 e. The summed E-state index contributed by atoms with van der Waals surface area (Å²) in [5.41, 5.74) is 1.77. The number of nitrogens with zero attached hydrogens (tertiary/aromatic N) is 2. The van der Waals surface area contributed by atoms with E-state index in [0.29, 0.717) is 0 Å². The maximum atomic E-state index is 10.9. The van der Waals surface area contributed by atoms with Gasteiger partial charge in [-0.2, -0.15) is 0 Å². The Kier molecular flexibility index (Phi) is 4.43. The minimum Gasteiger partial charge on any atom is -0.476 e. The number of pyridine rings is 1. The quantitative estimate of drug-likeness (QED) is 0.584. The van der Waals surface area contributed by atoms with Gasteiger partial charge in [-0.25, -0.2) is 4.98 Å². The summed E-state index contributed by atoms with van der Waals surface area (Å²) in [5.74, 6) is 0.324. The molecule has 1 aromatic heterocycles. The molecule has 0 aliphatic carbocycles. The molecule has 0 aromatic carbocycles. The van der Waals surface area contributed by atoms with Crippen LogP contribution in [0.25, 0.3) is 0 Å². The monoisotopic (exact) mass is 238 g/mol. The molecule has 0 fully saturated rings. The predicted molar refractivity (Wildman–Crippen MR) is 65.5 cm³/mol. The number of rotatable bonds is 5. The Balaban J connectivity index is 3.36. The molecule has 0 saturated carbocycles. The fourth-order valence-electron chi connectivity index (χ4n) is 1.79. The Labute approximate surface area is 101 Å². The van der Waals surface area contributed by atoms with Crippen molar-refractivity contribution >= 4 is 5.69 Å². The van der Waals surface area contributed by atoms with Gasteiger partial charge in [0.15, 0.2) is 0 Å².